The molecular formula is C23H23NO. The third kappa shape index (κ3) is 3.06. The molecule has 0 saturated carbocycles. The van der Waals surface area contributed by atoms with Gasteiger partial charge >= 0.3 is 0 Å². The molecule has 3 aromatic carbocycles. The van der Waals surface area contributed by atoms with Gasteiger partial charge < -0.3 is 10.1 Å². The van der Waals surface area contributed by atoms with Gasteiger partial charge in [0.1, 0.15) is 5.75 Å². The highest BCUT2D eigenvalue weighted by Crippen LogP contribution is 2.34. The maximum Gasteiger partial charge on any atom is 0.119 e. The molecule has 2 nitrogen and oxygen atoms in total. The Morgan fingerprint density at radius 2 is 1.60 bits per heavy atom. The van der Waals surface area contributed by atoms with Crippen molar-refractivity contribution >= 4 is 0 Å². The predicted molar refractivity (Wildman–Crippen MR) is 104 cm³/mol. The number of benzene rings is 3. The van der Waals surface area contributed by atoms with E-state index in [1.807, 2.05) is 12.1 Å². The van der Waals surface area contributed by atoms with Crippen molar-refractivity contribution in [2.75, 3.05) is 13.7 Å². The molecule has 0 spiro atoms. The molecule has 0 aromatic heterocycles. The lowest BCUT2D eigenvalue weighted by Gasteiger charge is -2.19. The van der Waals surface area contributed by atoms with E-state index in [1.54, 1.807) is 7.11 Å². The smallest absolute Gasteiger partial charge is 0.119 e. The summed E-state index contributed by atoms with van der Waals surface area (Å²) in [5.74, 6) is 0.892. The zero-order valence-corrected chi connectivity index (χ0v) is 14.8. The maximum absolute atomic E-state index is 5.39. The van der Waals surface area contributed by atoms with Gasteiger partial charge in [0, 0.05) is 6.54 Å². The Morgan fingerprint density at radius 1 is 0.840 bits per heavy atom. The van der Waals surface area contributed by atoms with Gasteiger partial charge in [-0.05, 0) is 71.0 Å². The van der Waals surface area contributed by atoms with Crippen molar-refractivity contribution in [3.63, 3.8) is 0 Å². The van der Waals surface area contributed by atoms with Crippen LogP contribution in [-0.2, 0) is 13.0 Å². The van der Waals surface area contributed by atoms with Gasteiger partial charge in [0.2, 0.25) is 0 Å². The normalized spacial score (nSPS) is 13.4. The first-order valence-corrected chi connectivity index (χ1v) is 8.83. The van der Waals surface area contributed by atoms with E-state index < -0.39 is 0 Å². The van der Waals surface area contributed by atoms with Gasteiger partial charge in [-0.1, -0.05) is 48.5 Å². The molecule has 0 unspecified atom stereocenters. The first-order valence-electron chi connectivity index (χ1n) is 8.83. The Morgan fingerprint density at radius 3 is 2.40 bits per heavy atom. The third-order valence-electron chi connectivity index (χ3n) is 5.12. The Balaban J connectivity index is 1.79. The van der Waals surface area contributed by atoms with Crippen LogP contribution < -0.4 is 10.1 Å². The van der Waals surface area contributed by atoms with Crippen LogP contribution in [0.3, 0.4) is 0 Å². The Hall–Kier alpha value is -2.58. The lowest BCUT2D eigenvalue weighted by atomic mass is 9.90. The second kappa shape index (κ2) is 6.73. The highest BCUT2D eigenvalue weighted by Gasteiger charge is 2.12. The van der Waals surface area contributed by atoms with Gasteiger partial charge in [-0.3, -0.25) is 0 Å². The van der Waals surface area contributed by atoms with Crippen molar-refractivity contribution in [2.45, 2.75) is 19.9 Å². The summed E-state index contributed by atoms with van der Waals surface area (Å²) in [6, 6.07) is 21.7. The van der Waals surface area contributed by atoms with E-state index in [2.05, 4.69) is 60.8 Å². The van der Waals surface area contributed by atoms with Crippen LogP contribution in [0.15, 0.2) is 60.7 Å². The number of methoxy groups -OCH3 is 1. The average molecular weight is 329 g/mol. The summed E-state index contributed by atoms with van der Waals surface area (Å²) in [5, 5.41) is 3.44. The van der Waals surface area contributed by atoms with Gasteiger partial charge in [0.25, 0.3) is 0 Å². The number of ether oxygens (including phenoxy) is 1. The monoisotopic (exact) mass is 329 g/mol. The van der Waals surface area contributed by atoms with Crippen LogP contribution in [0.5, 0.6) is 5.75 Å². The molecule has 0 atom stereocenters. The second-order valence-electron chi connectivity index (χ2n) is 6.62. The van der Waals surface area contributed by atoms with E-state index in [4.69, 9.17) is 4.74 Å². The fourth-order valence-electron chi connectivity index (χ4n) is 3.70. The molecule has 1 N–H and O–H groups in total. The molecule has 3 aromatic rings. The number of rotatable bonds is 3. The van der Waals surface area contributed by atoms with Crippen LogP contribution in [0.1, 0.15) is 16.7 Å². The minimum atomic E-state index is 0.892. The molecule has 126 valence electrons. The van der Waals surface area contributed by atoms with Crippen molar-refractivity contribution < 1.29 is 4.74 Å². The van der Waals surface area contributed by atoms with Crippen molar-refractivity contribution in [1.29, 1.82) is 0 Å². The van der Waals surface area contributed by atoms with E-state index in [1.165, 1.54) is 38.9 Å². The zero-order valence-electron chi connectivity index (χ0n) is 14.8. The van der Waals surface area contributed by atoms with E-state index in [0.29, 0.717) is 0 Å². The molecule has 0 amide bonds. The highest BCUT2D eigenvalue weighted by atomic mass is 16.5. The molecule has 1 aliphatic heterocycles. The lowest BCUT2D eigenvalue weighted by Crippen LogP contribution is -2.23. The first kappa shape index (κ1) is 15.9. The molecule has 0 radical (unpaired) electrons. The Kier molecular flexibility index (Phi) is 4.29. The fraction of sp³-hybridized carbons (Fsp3) is 0.217. The lowest BCUT2D eigenvalue weighted by molar-refractivity contribution is 0.415. The van der Waals surface area contributed by atoms with Crippen LogP contribution in [0, 0.1) is 6.92 Å². The largest absolute Gasteiger partial charge is 0.497 e. The van der Waals surface area contributed by atoms with Crippen molar-refractivity contribution in [3.8, 4) is 28.0 Å². The molecule has 1 heterocycles. The van der Waals surface area contributed by atoms with E-state index in [0.717, 1.165) is 25.3 Å². The molecule has 4 rings (SSSR count). The minimum absolute atomic E-state index is 0.892. The average Bonchev–Trinajstić information content (AvgIpc) is 2.68. The SMILES string of the molecule is COc1cccc(-c2cccc(-c3ccc4c(c3)CCNC4)c2C)c1. The maximum atomic E-state index is 5.39. The predicted octanol–water partition coefficient (Wildman–Crippen LogP) is 4.98. The Labute approximate surface area is 149 Å². The van der Waals surface area contributed by atoms with Crippen LogP contribution >= 0.6 is 0 Å². The van der Waals surface area contributed by atoms with Crippen molar-refractivity contribution in [3.05, 3.63) is 77.4 Å². The van der Waals surface area contributed by atoms with Gasteiger partial charge in [-0.2, -0.15) is 0 Å². The van der Waals surface area contributed by atoms with Crippen LogP contribution in [-0.4, -0.2) is 13.7 Å². The van der Waals surface area contributed by atoms with Crippen LogP contribution in [0.2, 0.25) is 0 Å². The van der Waals surface area contributed by atoms with E-state index in [-0.39, 0.29) is 0 Å². The van der Waals surface area contributed by atoms with Crippen molar-refractivity contribution in [1.82, 2.24) is 5.32 Å². The summed E-state index contributed by atoms with van der Waals surface area (Å²) in [5.41, 5.74) is 9.28. The molecule has 0 aliphatic carbocycles. The topological polar surface area (TPSA) is 21.3 Å². The fourth-order valence-corrected chi connectivity index (χ4v) is 3.70. The molecule has 2 heteroatoms. The number of hydrogen-bond acceptors (Lipinski definition) is 2. The summed E-state index contributed by atoms with van der Waals surface area (Å²) in [6.07, 6.45) is 1.11. The van der Waals surface area contributed by atoms with Crippen LogP contribution in [0.4, 0.5) is 0 Å². The van der Waals surface area contributed by atoms with Gasteiger partial charge in [0.15, 0.2) is 0 Å². The molecule has 0 fully saturated rings. The molecule has 25 heavy (non-hydrogen) atoms. The summed E-state index contributed by atoms with van der Waals surface area (Å²) >= 11 is 0. The quantitative estimate of drug-likeness (QED) is 0.731. The van der Waals surface area contributed by atoms with E-state index in [9.17, 15) is 0 Å². The first-order chi connectivity index (χ1) is 12.3. The van der Waals surface area contributed by atoms with Gasteiger partial charge in [-0.15, -0.1) is 0 Å². The number of hydrogen-bond donors (Lipinski definition) is 1. The van der Waals surface area contributed by atoms with E-state index >= 15 is 0 Å². The second-order valence-corrected chi connectivity index (χ2v) is 6.62. The highest BCUT2D eigenvalue weighted by molar-refractivity contribution is 5.79. The summed E-state index contributed by atoms with van der Waals surface area (Å²) in [7, 11) is 1.71. The van der Waals surface area contributed by atoms with Gasteiger partial charge in [0.05, 0.1) is 7.11 Å². The molecule has 1 aliphatic rings. The summed E-state index contributed by atoms with van der Waals surface area (Å²) < 4.78 is 5.39. The Bertz CT molecular complexity index is 914. The zero-order chi connectivity index (χ0) is 17.2. The van der Waals surface area contributed by atoms with Crippen LogP contribution in [0.25, 0.3) is 22.3 Å². The number of nitrogens with one attached hydrogen (secondary N) is 1. The summed E-state index contributed by atoms with van der Waals surface area (Å²) in [4.78, 5) is 0. The standard InChI is InChI=1S/C23H23NO/c1-16-22(18-5-3-6-21(14-18)25-2)7-4-8-23(16)19-9-10-20-15-24-12-11-17(20)13-19/h3-10,13-14,24H,11-12,15H2,1-2H3. The third-order valence-corrected chi connectivity index (χ3v) is 5.12. The van der Waals surface area contributed by atoms with Gasteiger partial charge in [-0.25, -0.2) is 0 Å². The number of fused-ring (bicyclic) bond motifs is 1. The molecule has 0 bridgehead atoms. The molecule has 0 saturated heterocycles. The minimum Gasteiger partial charge on any atom is -0.497 e. The molecular weight excluding hydrogens is 306 g/mol. The summed E-state index contributed by atoms with van der Waals surface area (Å²) in [6.45, 7) is 4.27. The van der Waals surface area contributed by atoms with Crippen molar-refractivity contribution in [2.24, 2.45) is 0 Å².